The fourth-order valence-corrected chi connectivity index (χ4v) is 2.97. The topological polar surface area (TPSA) is 72.0 Å². The van der Waals surface area contributed by atoms with Gasteiger partial charge in [0.2, 0.25) is 0 Å². The summed E-state index contributed by atoms with van der Waals surface area (Å²) in [7, 11) is 0. The zero-order valence-electron chi connectivity index (χ0n) is 12.4. The molecule has 0 atom stereocenters. The minimum atomic E-state index is -0.422. The second-order valence-electron chi connectivity index (χ2n) is 5.08. The summed E-state index contributed by atoms with van der Waals surface area (Å²) < 4.78 is 5.87. The largest absolute Gasteiger partial charge is 0.425 e. The highest BCUT2D eigenvalue weighted by atomic mass is 79.9. The van der Waals surface area contributed by atoms with Crippen molar-refractivity contribution in [3.8, 4) is 5.75 Å². The van der Waals surface area contributed by atoms with Crippen LogP contribution in [0.5, 0.6) is 5.75 Å². The molecule has 1 heterocycles. The molecule has 1 aromatic heterocycles. The average molecular weight is 408 g/mol. The SMILES string of the molecule is O=C(CCc1nc2ccccc2c(=O)[nH]1)Oc1ccc(Cl)cc1Br. The standard InChI is InChI=1S/C17H12BrClN2O3/c18-12-9-10(19)5-6-14(12)24-16(22)8-7-15-20-13-4-2-1-3-11(13)17(23)21-15/h1-6,9H,7-8H2,(H,20,21,23). The summed E-state index contributed by atoms with van der Waals surface area (Å²) in [5, 5.41) is 1.06. The van der Waals surface area contributed by atoms with Crippen LogP contribution in [0.1, 0.15) is 12.2 Å². The number of aromatic nitrogens is 2. The molecule has 0 bridgehead atoms. The van der Waals surface area contributed by atoms with Crippen LogP contribution in [0.15, 0.2) is 51.7 Å². The van der Waals surface area contributed by atoms with Crippen molar-refractivity contribution in [3.63, 3.8) is 0 Å². The molecule has 122 valence electrons. The van der Waals surface area contributed by atoms with Crippen molar-refractivity contribution in [2.45, 2.75) is 12.8 Å². The molecule has 7 heteroatoms. The van der Waals surface area contributed by atoms with E-state index in [4.69, 9.17) is 16.3 Å². The molecule has 3 rings (SSSR count). The van der Waals surface area contributed by atoms with E-state index >= 15 is 0 Å². The van der Waals surface area contributed by atoms with Crippen molar-refractivity contribution in [1.29, 1.82) is 0 Å². The number of aromatic amines is 1. The number of carbonyl (C=O) groups excluding carboxylic acids is 1. The molecule has 0 radical (unpaired) electrons. The molecule has 1 N–H and O–H groups in total. The van der Waals surface area contributed by atoms with Crippen LogP contribution in [0.25, 0.3) is 10.9 Å². The van der Waals surface area contributed by atoms with Gasteiger partial charge >= 0.3 is 5.97 Å². The molecule has 0 unspecified atom stereocenters. The maximum absolute atomic E-state index is 12.0. The molecule has 2 aromatic carbocycles. The van der Waals surface area contributed by atoms with E-state index in [-0.39, 0.29) is 18.4 Å². The zero-order valence-corrected chi connectivity index (χ0v) is 14.7. The third kappa shape index (κ3) is 3.83. The number of benzene rings is 2. The maximum Gasteiger partial charge on any atom is 0.311 e. The summed E-state index contributed by atoms with van der Waals surface area (Å²) in [6.07, 6.45) is 0.375. The fraction of sp³-hybridized carbons (Fsp3) is 0.118. The molecular formula is C17H12BrClN2O3. The van der Waals surface area contributed by atoms with E-state index < -0.39 is 5.97 Å². The molecule has 0 saturated heterocycles. The Bertz CT molecular complexity index is 971. The monoisotopic (exact) mass is 406 g/mol. The van der Waals surface area contributed by atoms with Gasteiger partial charge in [0.25, 0.3) is 5.56 Å². The number of carbonyl (C=O) groups is 1. The zero-order chi connectivity index (χ0) is 17.1. The molecule has 0 aliphatic heterocycles. The smallest absolute Gasteiger partial charge is 0.311 e. The van der Waals surface area contributed by atoms with Crippen molar-refractivity contribution in [2.24, 2.45) is 0 Å². The van der Waals surface area contributed by atoms with Gasteiger partial charge in [-0.25, -0.2) is 4.98 Å². The highest BCUT2D eigenvalue weighted by molar-refractivity contribution is 9.10. The number of hydrogen-bond donors (Lipinski definition) is 1. The third-order valence-corrected chi connectivity index (χ3v) is 4.20. The Labute approximate surface area is 150 Å². The number of esters is 1. The van der Waals surface area contributed by atoms with Gasteiger partial charge in [-0.3, -0.25) is 9.59 Å². The number of H-pyrrole nitrogens is 1. The highest BCUT2D eigenvalue weighted by Gasteiger charge is 2.11. The first-order valence-electron chi connectivity index (χ1n) is 7.16. The number of aryl methyl sites for hydroxylation is 1. The minimum Gasteiger partial charge on any atom is -0.425 e. The Balaban J connectivity index is 1.69. The van der Waals surface area contributed by atoms with Crippen molar-refractivity contribution in [3.05, 3.63) is 68.1 Å². The molecule has 0 saturated carbocycles. The predicted octanol–water partition coefficient (Wildman–Crippen LogP) is 3.88. The second kappa shape index (κ2) is 7.15. The van der Waals surface area contributed by atoms with Gasteiger partial charge in [-0.2, -0.15) is 0 Å². The second-order valence-corrected chi connectivity index (χ2v) is 6.37. The molecule has 3 aromatic rings. The molecular weight excluding hydrogens is 396 g/mol. The van der Waals surface area contributed by atoms with Crippen molar-refractivity contribution in [1.82, 2.24) is 9.97 Å². The Morgan fingerprint density at radius 1 is 1.25 bits per heavy atom. The predicted molar refractivity (Wildman–Crippen MR) is 95.5 cm³/mol. The van der Waals surface area contributed by atoms with Crippen LogP contribution in [-0.2, 0) is 11.2 Å². The fourth-order valence-electron chi connectivity index (χ4n) is 2.21. The number of ether oxygens (including phenoxy) is 1. The third-order valence-electron chi connectivity index (χ3n) is 3.35. The Kier molecular flexibility index (Phi) is 4.97. The lowest BCUT2D eigenvalue weighted by Crippen LogP contribution is -2.15. The normalized spacial score (nSPS) is 10.8. The van der Waals surface area contributed by atoms with Gasteiger partial charge in [0, 0.05) is 11.4 Å². The number of halogens is 2. The van der Waals surface area contributed by atoms with Crippen molar-refractivity contribution < 1.29 is 9.53 Å². The Morgan fingerprint density at radius 2 is 2.04 bits per heavy atom. The quantitative estimate of drug-likeness (QED) is 0.526. The van der Waals surface area contributed by atoms with Gasteiger partial charge in [-0.15, -0.1) is 0 Å². The number of para-hydroxylation sites is 1. The molecule has 0 amide bonds. The van der Waals surface area contributed by atoms with E-state index in [0.29, 0.717) is 32.0 Å². The van der Waals surface area contributed by atoms with Gasteiger partial charge < -0.3 is 9.72 Å². The van der Waals surface area contributed by atoms with E-state index in [1.807, 2.05) is 6.07 Å². The number of nitrogens with zero attached hydrogens (tertiary/aromatic N) is 1. The van der Waals surface area contributed by atoms with E-state index in [0.717, 1.165) is 0 Å². The first-order valence-corrected chi connectivity index (χ1v) is 8.34. The van der Waals surface area contributed by atoms with E-state index in [2.05, 4.69) is 25.9 Å². The summed E-state index contributed by atoms with van der Waals surface area (Å²) >= 11 is 9.13. The lowest BCUT2D eigenvalue weighted by atomic mass is 10.2. The van der Waals surface area contributed by atoms with Crippen LogP contribution in [-0.4, -0.2) is 15.9 Å². The van der Waals surface area contributed by atoms with Gasteiger partial charge in [-0.1, -0.05) is 23.7 Å². The number of hydrogen-bond acceptors (Lipinski definition) is 4. The summed E-state index contributed by atoms with van der Waals surface area (Å²) in [5.74, 6) is 0.420. The first kappa shape index (κ1) is 16.7. The Morgan fingerprint density at radius 3 is 2.83 bits per heavy atom. The van der Waals surface area contributed by atoms with Crippen LogP contribution >= 0.6 is 27.5 Å². The lowest BCUT2D eigenvalue weighted by Gasteiger charge is -2.07. The van der Waals surface area contributed by atoms with Crippen LogP contribution in [0, 0.1) is 0 Å². The van der Waals surface area contributed by atoms with Crippen LogP contribution in [0.4, 0.5) is 0 Å². The van der Waals surface area contributed by atoms with E-state index in [9.17, 15) is 9.59 Å². The number of fused-ring (bicyclic) bond motifs is 1. The molecule has 24 heavy (non-hydrogen) atoms. The van der Waals surface area contributed by atoms with Gasteiger partial charge in [0.05, 0.1) is 21.8 Å². The minimum absolute atomic E-state index is 0.0936. The number of nitrogens with one attached hydrogen (secondary N) is 1. The van der Waals surface area contributed by atoms with Gasteiger partial charge in [0.1, 0.15) is 11.6 Å². The highest BCUT2D eigenvalue weighted by Crippen LogP contribution is 2.28. The average Bonchev–Trinajstić information content (AvgIpc) is 2.56. The van der Waals surface area contributed by atoms with Gasteiger partial charge in [0.15, 0.2) is 0 Å². The van der Waals surface area contributed by atoms with Crippen molar-refractivity contribution >= 4 is 44.4 Å². The van der Waals surface area contributed by atoms with Crippen LogP contribution in [0.2, 0.25) is 5.02 Å². The molecule has 0 spiro atoms. The summed E-state index contributed by atoms with van der Waals surface area (Å²) in [4.78, 5) is 31.0. The van der Waals surface area contributed by atoms with Crippen LogP contribution in [0.3, 0.4) is 0 Å². The molecule has 0 fully saturated rings. The Hall–Kier alpha value is -2.18. The molecule has 0 aliphatic rings. The first-order chi connectivity index (χ1) is 11.5. The molecule has 5 nitrogen and oxygen atoms in total. The number of rotatable bonds is 4. The summed E-state index contributed by atoms with van der Waals surface area (Å²) in [6, 6.07) is 11.9. The van der Waals surface area contributed by atoms with Crippen LogP contribution < -0.4 is 10.3 Å². The maximum atomic E-state index is 12.0. The van der Waals surface area contributed by atoms with E-state index in [1.165, 1.54) is 0 Å². The van der Waals surface area contributed by atoms with Crippen molar-refractivity contribution in [2.75, 3.05) is 0 Å². The lowest BCUT2D eigenvalue weighted by molar-refractivity contribution is -0.134. The molecule has 0 aliphatic carbocycles. The summed E-state index contributed by atoms with van der Waals surface area (Å²) in [5.41, 5.74) is 0.384. The van der Waals surface area contributed by atoms with Gasteiger partial charge in [-0.05, 0) is 46.3 Å². The summed E-state index contributed by atoms with van der Waals surface area (Å²) in [6.45, 7) is 0. The van der Waals surface area contributed by atoms with E-state index in [1.54, 1.807) is 36.4 Å².